The van der Waals surface area contributed by atoms with Crippen LogP contribution in [0.3, 0.4) is 0 Å². The predicted octanol–water partition coefficient (Wildman–Crippen LogP) is 2.87. The number of nitrogens with zero attached hydrogens (tertiary/aromatic N) is 3. The van der Waals surface area contributed by atoms with Crippen LogP contribution >= 0.6 is 24.0 Å². The largest absolute Gasteiger partial charge is 0.356 e. The van der Waals surface area contributed by atoms with Crippen LogP contribution in [0.2, 0.25) is 0 Å². The maximum Gasteiger partial charge on any atom is 0.191 e. The molecule has 1 aromatic rings. The molecule has 1 aromatic heterocycles. The summed E-state index contributed by atoms with van der Waals surface area (Å²) >= 11 is 0. The molecule has 5 nitrogen and oxygen atoms in total. The first kappa shape index (κ1) is 19.0. The van der Waals surface area contributed by atoms with Gasteiger partial charge in [0.1, 0.15) is 0 Å². The molecule has 1 aliphatic carbocycles. The summed E-state index contributed by atoms with van der Waals surface area (Å²) in [4.78, 5) is 4.25. The molecule has 0 unspecified atom stereocenters. The summed E-state index contributed by atoms with van der Waals surface area (Å²) in [6.45, 7) is 4.67. The molecular weight excluding hydrogens is 389 g/mol. The van der Waals surface area contributed by atoms with Crippen molar-refractivity contribution in [2.75, 3.05) is 20.1 Å². The quantitative estimate of drug-likeness (QED) is 0.324. The number of rotatable bonds is 6. The summed E-state index contributed by atoms with van der Waals surface area (Å²) in [5, 5.41) is 11.0. The van der Waals surface area contributed by atoms with Crippen molar-refractivity contribution in [3.63, 3.8) is 0 Å². The number of nitrogens with one attached hydrogen (secondary N) is 2. The Balaban J connectivity index is 0.00000242. The molecule has 2 rings (SSSR count). The second-order valence-corrected chi connectivity index (χ2v) is 5.56. The molecule has 0 spiro atoms. The fourth-order valence-corrected chi connectivity index (χ4v) is 2.57. The molecule has 0 bridgehead atoms. The van der Waals surface area contributed by atoms with Crippen LogP contribution in [0.1, 0.15) is 37.7 Å². The molecule has 0 radical (unpaired) electrons. The third-order valence-electron chi connectivity index (χ3n) is 3.74. The van der Waals surface area contributed by atoms with Gasteiger partial charge in [-0.1, -0.05) is 11.6 Å². The molecule has 0 saturated carbocycles. The van der Waals surface area contributed by atoms with E-state index in [0.29, 0.717) is 0 Å². The highest BCUT2D eigenvalue weighted by atomic mass is 127. The van der Waals surface area contributed by atoms with Crippen LogP contribution in [0.4, 0.5) is 0 Å². The van der Waals surface area contributed by atoms with Crippen molar-refractivity contribution in [2.24, 2.45) is 4.99 Å². The van der Waals surface area contributed by atoms with Gasteiger partial charge in [-0.2, -0.15) is 5.10 Å². The average Bonchev–Trinajstić information content (AvgIpc) is 2.92. The lowest BCUT2D eigenvalue weighted by Crippen LogP contribution is -2.39. The first-order chi connectivity index (χ1) is 10.3. The van der Waals surface area contributed by atoms with Crippen molar-refractivity contribution in [1.82, 2.24) is 20.4 Å². The number of halogens is 1. The highest BCUT2D eigenvalue weighted by Gasteiger charge is 2.04. The van der Waals surface area contributed by atoms with E-state index in [-0.39, 0.29) is 24.0 Å². The fraction of sp³-hybridized carbons (Fsp3) is 0.625. The van der Waals surface area contributed by atoms with E-state index in [4.69, 9.17) is 0 Å². The van der Waals surface area contributed by atoms with Crippen LogP contribution in [0.5, 0.6) is 0 Å². The first-order valence-corrected chi connectivity index (χ1v) is 7.89. The zero-order chi connectivity index (χ0) is 14.9. The summed E-state index contributed by atoms with van der Waals surface area (Å²) in [7, 11) is 1.81. The maximum absolute atomic E-state index is 4.27. The number of aryl methyl sites for hydroxylation is 1. The van der Waals surface area contributed by atoms with Gasteiger partial charge in [0.05, 0.1) is 12.7 Å². The van der Waals surface area contributed by atoms with Crippen molar-refractivity contribution >= 4 is 29.9 Å². The Kier molecular flexibility index (Phi) is 9.19. The number of hydrogen-bond acceptors (Lipinski definition) is 2. The molecular formula is C16H28IN5. The third kappa shape index (κ3) is 6.81. The van der Waals surface area contributed by atoms with E-state index in [1.807, 2.05) is 24.1 Å². The van der Waals surface area contributed by atoms with Crippen molar-refractivity contribution in [3.05, 3.63) is 29.6 Å². The second kappa shape index (κ2) is 10.6. The molecule has 0 amide bonds. The molecule has 0 atom stereocenters. The van der Waals surface area contributed by atoms with Gasteiger partial charge < -0.3 is 10.6 Å². The lowest BCUT2D eigenvalue weighted by Gasteiger charge is -2.15. The van der Waals surface area contributed by atoms with E-state index in [2.05, 4.69) is 33.7 Å². The van der Waals surface area contributed by atoms with Gasteiger partial charge in [-0.15, -0.1) is 24.0 Å². The maximum atomic E-state index is 4.27. The lowest BCUT2D eigenvalue weighted by atomic mass is 9.97. The number of guanidine groups is 1. The van der Waals surface area contributed by atoms with Gasteiger partial charge in [0, 0.05) is 26.3 Å². The number of aromatic nitrogens is 2. The molecule has 2 N–H and O–H groups in total. The Labute approximate surface area is 150 Å². The van der Waals surface area contributed by atoms with E-state index in [9.17, 15) is 0 Å². The zero-order valence-electron chi connectivity index (χ0n) is 13.6. The van der Waals surface area contributed by atoms with Crippen molar-refractivity contribution in [1.29, 1.82) is 0 Å². The standard InChI is InChI=1S/C16H27N5.HI/c1-14-12-20-21(13-14)11-10-19-16(17-2)18-9-8-15-6-4-3-5-7-15;/h6,12-13H,3-5,7-11H2,1-2H3,(H2,17,18,19);1H. The fourth-order valence-electron chi connectivity index (χ4n) is 2.57. The van der Waals surface area contributed by atoms with Crippen molar-refractivity contribution in [3.8, 4) is 0 Å². The van der Waals surface area contributed by atoms with Crippen LogP contribution in [0, 0.1) is 6.92 Å². The highest BCUT2D eigenvalue weighted by Crippen LogP contribution is 2.19. The molecule has 0 fully saturated rings. The summed E-state index contributed by atoms with van der Waals surface area (Å²) in [6.07, 6.45) is 12.7. The smallest absolute Gasteiger partial charge is 0.191 e. The minimum atomic E-state index is 0. The van der Waals surface area contributed by atoms with Crippen molar-refractivity contribution in [2.45, 2.75) is 45.6 Å². The topological polar surface area (TPSA) is 54.2 Å². The van der Waals surface area contributed by atoms with Crippen LogP contribution < -0.4 is 10.6 Å². The van der Waals surface area contributed by atoms with Crippen LogP contribution in [0.25, 0.3) is 0 Å². The Morgan fingerprint density at radius 1 is 1.32 bits per heavy atom. The number of hydrogen-bond donors (Lipinski definition) is 2. The zero-order valence-corrected chi connectivity index (χ0v) is 16.0. The molecule has 124 valence electrons. The Bertz CT molecular complexity index is 492. The van der Waals surface area contributed by atoms with E-state index < -0.39 is 0 Å². The lowest BCUT2D eigenvalue weighted by molar-refractivity contribution is 0.596. The minimum Gasteiger partial charge on any atom is -0.356 e. The summed E-state index contributed by atoms with van der Waals surface area (Å²) in [6, 6.07) is 0. The first-order valence-electron chi connectivity index (χ1n) is 7.89. The SMILES string of the molecule is CN=C(NCCC1=CCCCC1)NCCn1cc(C)cn1.I. The summed E-state index contributed by atoms with van der Waals surface area (Å²) in [5.74, 6) is 0.871. The van der Waals surface area contributed by atoms with E-state index in [1.165, 1.54) is 31.2 Å². The van der Waals surface area contributed by atoms with Crippen molar-refractivity contribution < 1.29 is 0 Å². The molecule has 1 heterocycles. The third-order valence-corrected chi connectivity index (χ3v) is 3.74. The van der Waals surface area contributed by atoms with Gasteiger partial charge in [0.15, 0.2) is 5.96 Å². The molecule has 1 aliphatic rings. The van der Waals surface area contributed by atoms with Gasteiger partial charge in [-0.25, -0.2) is 0 Å². The Morgan fingerprint density at radius 3 is 2.77 bits per heavy atom. The Hall–Kier alpha value is -1.05. The van der Waals surface area contributed by atoms with Gasteiger partial charge in [0.25, 0.3) is 0 Å². The number of allylic oxidation sites excluding steroid dienone is 1. The molecule has 6 heteroatoms. The van der Waals surface area contributed by atoms with Crippen LogP contribution in [0.15, 0.2) is 29.0 Å². The van der Waals surface area contributed by atoms with Gasteiger partial charge in [0.2, 0.25) is 0 Å². The van der Waals surface area contributed by atoms with Crippen LogP contribution in [-0.4, -0.2) is 35.9 Å². The molecule has 0 aromatic carbocycles. The Morgan fingerprint density at radius 2 is 2.14 bits per heavy atom. The van der Waals surface area contributed by atoms with Crippen LogP contribution in [-0.2, 0) is 6.54 Å². The monoisotopic (exact) mass is 417 g/mol. The molecule has 0 saturated heterocycles. The number of aliphatic imine (C=N–C) groups is 1. The highest BCUT2D eigenvalue weighted by molar-refractivity contribution is 14.0. The average molecular weight is 417 g/mol. The molecule has 22 heavy (non-hydrogen) atoms. The summed E-state index contributed by atoms with van der Waals surface area (Å²) in [5.41, 5.74) is 2.79. The van der Waals surface area contributed by atoms with E-state index in [0.717, 1.165) is 32.0 Å². The molecule has 0 aliphatic heterocycles. The summed E-state index contributed by atoms with van der Waals surface area (Å²) < 4.78 is 1.95. The van der Waals surface area contributed by atoms with E-state index >= 15 is 0 Å². The second-order valence-electron chi connectivity index (χ2n) is 5.56. The van der Waals surface area contributed by atoms with Gasteiger partial charge >= 0.3 is 0 Å². The van der Waals surface area contributed by atoms with Gasteiger partial charge in [-0.05, 0) is 44.6 Å². The predicted molar refractivity (Wildman–Crippen MR) is 103 cm³/mol. The normalized spacial score (nSPS) is 15.0. The van der Waals surface area contributed by atoms with E-state index in [1.54, 1.807) is 5.57 Å². The minimum absolute atomic E-state index is 0. The van der Waals surface area contributed by atoms with Gasteiger partial charge in [-0.3, -0.25) is 9.67 Å².